The third-order valence-corrected chi connectivity index (χ3v) is 14.0. The third-order valence-electron chi connectivity index (χ3n) is 14.0. The van der Waals surface area contributed by atoms with Crippen molar-refractivity contribution in [2.75, 3.05) is 115 Å². The molecule has 2 heterocycles. The Morgan fingerprint density at radius 2 is 1.32 bits per heavy atom. The molecule has 2 fully saturated rings. The van der Waals surface area contributed by atoms with Crippen LogP contribution in [0.2, 0.25) is 0 Å². The fraction of sp³-hybridized carbons (Fsp3) is 0.686. The number of aliphatic hydroxyl groups is 1. The fourth-order valence-corrected chi connectivity index (χ4v) is 9.74. The van der Waals surface area contributed by atoms with Crippen molar-refractivity contribution in [3.8, 4) is 0 Å². The Hall–Kier alpha value is -6.88. The number of aliphatic imine (C=N–C) groups is 1. The molecular formula is C51H78GaN12O20-. The number of nitrogens with two attached hydrogens (primary N) is 2. The third kappa shape index (κ3) is 25.5. The number of nitrogens with zero attached hydrogens (tertiary/aromatic N) is 6. The number of rotatable bonds is 36. The van der Waals surface area contributed by atoms with Crippen LogP contribution in [-0.4, -0.2) is 261 Å². The first-order valence-electron chi connectivity index (χ1n) is 27.1. The second-order valence-electron chi connectivity index (χ2n) is 20.8. The number of ketones is 2. The summed E-state index contributed by atoms with van der Waals surface area (Å²) in [5, 5.41) is 75.1. The standard InChI is InChI=1S/C51H80N12O19.Ga.H2O/c1-30(2)22-35(38(67)24-32(29-65)47(77)57-34(49(79)80)6-3-10-55-51(52)53)58-46(76)31(25-39(68)69)23-33(66)26-56-48(78)36-8-5-11-63(36)43-42(44(74)45(43)75)54-9-4-7-37(50(81)82)62-18-16-59(20-21-64)12-13-60(27-40(70)71)14-15-61(17-19-62)28-41(72)73;;/h21,30-32,34-37,54,65H,3-20,22-29H2,1-2H3,(H,56,78)(H,57,77)(H,58,76)(H,68,69)(H,70,71)(H,72,73)(H,79,80)(H,81,82)(H4,52,53,55);;1H2/q;+3;/p-4/t31-,32-,34-,35-,36-,37?;;/m0../s1. The first-order valence-corrected chi connectivity index (χ1v) is 27.1. The number of nitrogens with one attached hydrogen (secondary N) is 4. The quantitative estimate of drug-likeness (QED) is 0.00752. The molecule has 33 heteroatoms. The maximum atomic E-state index is 13.6. The van der Waals surface area contributed by atoms with Gasteiger partial charge in [-0.3, -0.25) is 62.9 Å². The van der Waals surface area contributed by atoms with E-state index in [9.17, 15) is 93.0 Å². The number of anilines is 2. The van der Waals surface area contributed by atoms with Crippen LogP contribution in [0, 0.1) is 17.8 Å². The molecule has 0 bridgehead atoms. The number of aliphatic carboxylic acids is 5. The average Bonchev–Trinajstić information content (AvgIpc) is 4.08. The largest absolute Gasteiger partial charge is 3.00 e. The van der Waals surface area contributed by atoms with Crippen molar-refractivity contribution in [2.45, 2.75) is 102 Å². The minimum atomic E-state index is -1.56. The number of hydrogen-bond donors (Lipinski definition) is 9. The predicted molar refractivity (Wildman–Crippen MR) is 292 cm³/mol. The molecular weight excluding hydrogens is 1170 g/mol. The molecule has 84 heavy (non-hydrogen) atoms. The molecule has 0 aliphatic carbocycles. The molecule has 3 rings (SSSR count). The molecule has 0 saturated carbocycles. The average molecular weight is 1250 g/mol. The van der Waals surface area contributed by atoms with Gasteiger partial charge in [0.15, 0.2) is 17.5 Å². The number of hydrogen-bond acceptors (Lipinski definition) is 25. The summed E-state index contributed by atoms with van der Waals surface area (Å²) in [5.74, 6) is -14.8. The van der Waals surface area contributed by atoms with E-state index in [1.165, 1.54) is 9.80 Å². The number of carbonyl (C=O) groups excluding carboxylic acids is 9. The zero-order valence-corrected chi connectivity index (χ0v) is 49.7. The molecule has 0 aromatic heterocycles. The van der Waals surface area contributed by atoms with Crippen molar-refractivity contribution in [2.24, 2.45) is 34.2 Å². The maximum absolute atomic E-state index is 13.6. The number of guanidine groups is 1. The summed E-state index contributed by atoms with van der Waals surface area (Å²) in [5.41, 5.74) is 8.53. The number of Topliss-reactive ketones (excluding diaryl/α,β-unsaturated/α-hetero) is 2. The van der Waals surface area contributed by atoms with E-state index >= 15 is 0 Å². The molecule has 32 nitrogen and oxygen atoms in total. The number of carboxylic acid groups (broad SMARTS) is 5. The van der Waals surface area contributed by atoms with Crippen LogP contribution < -0.4 is 63.8 Å². The van der Waals surface area contributed by atoms with Crippen molar-refractivity contribution >= 4 is 103 Å². The Morgan fingerprint density at radius 3 is 1.86 bits per heavy atom. The van der Waals surface area contributed by atoms with E-state index in [0.717, 1.165) is 0 Å². The van der Waals surface area contributed by atoms with Gasteiger partial charge in [-0.25, -0.2) is 4.79 Å². The van der Waals surface area contributed by atoms with Crippen molar-refractivity contribution < 1.29 is 88.9 Å². The zero-order valence-electron chi connectivity index (χ0n) is 47.2. The van der Waals surface area contributed by atoms with Gasteiger partial charge in [0.1, 0.15) is 29.7 Å². The van der Waals surface area contributed by atoms with Gasteiger partial charge in [-0.05, 0) is 50.9 Å². The predicted octanol–water partition coefficient (Wildman–Crippen LogP) is -9.19. The Bertz CT molecular complexity index is 2510. The van der Waals surface area contributed by atoms with Crippen molar-refractivity contribution in [3.05, 3.63) is 20.4 Å². The molecule has 12 N–H and O–H groups in total. The molecule has 2 saturated heterocycles. The molecule has 2 aliphatic heterocycles. The molecule has 6 atom stereocenters. The van der Waals surface area contributed by atoms with E-state index < -0.39 is 151 Å². The summed E-state index contributed by atoms with van der Waals surface area (Å²) in [4.78, 5) is 176. The van der Waals surface area contributed by atoms with E-state index in [0.29, 0.717) is 12.7 Å². The van der Waals surface area contributed by atoms with Crippen molar-refractivity contribution in [3.63, 3.8) is 0 Å². The summed E-state index contributed by atoms with van der Waals surface area (Å²) in [7, 11) is 0. The molecule has 0 radical (unpaired) electrons. The van der Waals surface area contributed by atoms with Gasteiger partial charge in [-0.2, -0.15) is 0 Å². The topological polar surface area (TPSA) is 510 Å². The fourth-order valence-electron chi connectivity index (χ4n) is 9.74. The van der Waals surface area contributed by atoms with Gasteiger partial charge in [0.05, 0.1) is 61.9 Å². The first-order chi connectivity index (χ1) is 38.8. The number of aldehydes is 1. The van der Waals surface area contributed by atoms with E-state index in [4.69, 9.17) is 11.5 Å². The monoisotopic (exact) mass is 1250 g/mol. The van der Waals surface area contributed by atoms with Crippen LogP contribution in [0.15, 0.2) is 14.6 Å². The van der Waals surface area contributed by atoms with Crippen LogP contribution in [0.3, 0.4) is 0 Å². The van der Waals surface area contributed by atoms with Crippen LogP contribution in [-0.2, 0) is 52.7 Å². The van der Waals surface area contributed by atoms with Gasteiger partial charge in [0.25, 0.3) is 10.9 Å². The molecule has 1 aromatic rings. The van der Waals surface area contributed by atoms with E-state index in [-0.39, 0.29) is 166 Å². The van der Waals surface area contributed by atoms with Gasteiger partial charge in [0.2, 0.25) is 17.7 Å². The summed E-state index contributed by atoms with van der Waals surface area (Å²) < 4.78 is 0. The van der Waals surface area contributed by atoms with Gasteiger partial charge >= 0.3 is 31.7 Å². The van der Waals surface area contributed by atoms with Crippen LogP contribution >= 0.6 is 0 Å². The van der Waals surface area contributed by atoms with E-state index in [1.54, 1.807) is 28.5 Å². The number of carbonyl (C=O) groups is 11. The summed E-state index contributed by atoms with van der Waals surface area (Å²) in [6.07, 6.45) is -0.953. The zero-order chi connectivity index (χ0) is 61.2. The second kappa shape index (κ2) is 38.1. The van der Waals surface area contributed by atoms with E-state index in [2.05, 4.69) is 26.3 Å². The summed E-state index contributed by atoms with van der Waals surface area (Å²) >= 11 is 0. The Morgan fingerprint density at radius 1 is 0.750 bits per heavy atom. The minimum absolute atomic E-state index is 0. The maximum Gasteiger partial charge on any atom is 3.00 e. The van der Waals surface area contributed by atoms with Crippen LogP contribution in [0.25, 0.3) is 0 Å². The van der Waals surface area contributed by atoms with Gasteiger partial charge in [-0.15, -0.1) is 0 Å². The Kier molecular flexibility index (Phi) is 34.1. The van der Waals surface area contributed by atoms with Crippen LogP contribution in [0.1, 0.15) is 78.1 Å². The van der Waals surface area contributed by atoms with E-state index in [1.807, 2.05) is 0 Å². The molecule has 1 unspecified atom stereocenters. The van der Waals surface area contributed by atoms with Gasteiger partial charge in [0, 0.05) is 104 Å². The SMILES string of the molecule is CC(C)C[C@H](NC(=O)[C@H](CC(=O)O)CC(=O)CNC(=O)[C@@H]1CCCN1c1c(NCCCC(C(=O)[O-])N2CCN(CC=O)CCN(CC(=O)[O-])CCN(CC(=O)[O-])CC2)c(=O)c1=O)C(=O)C[C@@H](CO)C(=O)N[C@@H](CCCN=C(N)N)C(=O)O.[Ga+3].[OH-]. The smallest absolute Gasteiger partial charge is 0.870 e. The molecule has 3 amide bonds. The summed E-state index contributed by atoms with van der Waals surface area (Å²) in [6, 6.07) is -5.06. The van der Waals surface area contributed by atoms with Crippen molar-refractivity contribution in [1.29, 1.82) is 0 Å². The Labute approximate surface area is 497 Å². The van der Waals surface area contributed by atoms with Crippen LogP contribution in [0.5, 0.6) is 0 Å². The summed E-state index contributed by atoms with van der Waals surface area (Å²) in [6.45, 7) is 1.92. The second-order valence-corrected chi connectivity index (χ2v) is 20.8. The van der Waals surface area contributed by atoms with Crippen molar-refractivity contribution in [1.82, 2.24) is 35.6 Å². The van der Waals surface area contributed by atoms with Gasteiger partial charge in [-0.1, -0.05) is 13.8 Å². The first kappa shape index (κ1) is 75.1. The van der Waals surface area contributed by atoms with Crippen LogP contribution in [0.4, 0.5) is 11.4 Å². The molecule has 2 aliphatic rings. The molecule has 0 spiro atoms. The number of amides is 3. The Balaban J connectivity index is 0.0000176. The molecule has 1 aromatic carbocycles. The van der Waals surface area contributed by atoms with Gasteiger partial charge < -0.3 is 92.9 Å². The normalized spacial score (nSPS) is 17.5. The number of aliphatic hydroxyl groups excluding tert-OH is 1. The number of carboxylic acids is 5. The molecule has 466 valence electrons. The minimum Gasteiger partial charge on any atom is -0.870 e.